The lowest BCUT2D eigenvalue weighted by atomic mass is 9.81. The quantitative estimate of drug-likeness (QED) is 0.683. The van der Waals surface area contributed by atoms with Crippen molar-refractivity contribution in [1.82, 2.24) is 5.32 Å². The summed E-state index contributed by atoms with van der Waals surface area (Å²) in [6.45, 7) is 0. The Balaban J connectivity index is 2.04. The Hall–Kier alpha value is -1.81. The highest BCUT2D eigenvalue weighted by atomic mass is 35.5. The number of ether oxygens (including phenoxy) is 1. The van der Waals surface area contributed by atoms with Gasteiger partial charge in [-0.3, -0.25) is 4.79 Å². The summed E-state index contributed by atoms with van der Waals surface area (Å²) in [5, 5.41) is 3.49. The predicted octanol–water partition coefficient (Wildman–Crippen LogP) is 3.35. The molecule has 1 aromatic rings. The van der Waals surface area contributed by atoms with Crippen molar-refractivity contribution in [3.05, 3.63) is 40.9 Å². The van der Waals surface area contributed by atoms with Crippen LogP contribution in [0.25, 0.3) is 6.08 Å². The van der Waals surface area contributed by atoms with Gasteiger partial charge in [0.15, 0.2) is 0 Å². The number of halogens is 1. The Labute approximate surface area is 135 Å². The van der Waals surface area contributed by atoms with Crippen molar-refractivity contribution >= 4 is 29.6 Å². The fourth-order valence-electron chi connectivity index (χ4n) is 2.75. The van der Waals surface area contributed by atoms with Crippen LogP contribution in [0.4, 0.5) is 0 Å². The first-order chi connectivity index (χ1) is 10.6. The van der Waals surface area contributed by atoms with Gasteiger partial charge in [-0.2, -0.15) is 0 Å². The number of rotatable bonds is 4. The highest BCUT2D eigenvalue weighted by Gasteiger charge is 2.41. The first-order valence-corrected chi connectivity index (χ1v) is 7.78. The van der Waals surface area contributed by atoms with Gasteiger partial charge >= 0.3 is 5.97 Å². The van der Waals surface area contributed by atoms with Crippen LogP contribution < -0.4 is 5.32 Å². The summed E-state index contributed by atoms with van der Waals surface area (Å²) < 4.78 is 4.88. The van der Waals surface area contributed by atoms with Crippen LogP contribution in [0.15, 0.2) is 30.3 Å². The van der Waals surface area contributed by atoms with E-state index in [0.717, 1.165) is 24.8 Å². The zero-order chi connectivity index (χ0) is 16.0. The summed E-state index contributed by atoms with van der Waals surface area (Å²) >= 11 is 5.82. The molecule has 0 bridgehead atoms. The van der Waals surface area contributed by atoms with Crippen molar-refractivity contribution in [2.24, 2.45) is 0 Å². The number of hydrogen-bond acceptors (Lipinski definition) is 3. The van der Waals surface area contributed by atoms with Crippen LogP contribution in [0, 0.1) is 0 Å². The Kier molecular flexibility index (Phi) is 5.61. The van der Waals surface area contributed by atoms with E-state index in [1.54, 1.807) is 18.2 Å². The van der Waals surface area contributed by atoms with Crippen LogP contribution >= 0.6 is 11.6 Å². The molecule has 0 spiro atoms. The van der Waals surface area contributed by atoms with Crippen LogP contribution in [0.1, 0.15) is 37.7 Å². The zero-order valence-corrected chi connectivity index (χ0v) is 13.4. The minimum Gasteiger partial charge on any atom is -0.467 e. The highest BCUT2D eigenvalue weighted by Crippen LogP contribution is 2.29. The maximum atomic E-state index is 12.1. The van der Waals surface area contributed by atoms with Crippen LogP contribution in [-0.4, -0.2) is 24.5 Å². The fraction of sp³-hybridized carbons (Fsp3) is 0.412. The van der Waals surface area contributed by atoms with E-state index in [-0.39, 0.29) is 11.9 Å². The molecule has 0 aliphatic heterocycles. The van der Waals surface area contributed by atoms with E-state index in [1.807, 2.05) is 12.1 Å². The molecular weight excluding hydrogens is 302 g/mol. The third-order valence-corrected chi connectivity index (χ3v) is 4.19. The molecule has 1 amide bonds. The number of methoxy groups -OCH3 is 1. The number of esters is 1. The Bertz CT molecular complexity index is 560. The molecule has 1 aliphatic rings. The summed E-state index contributed by atoms with van der Waals surface area (Å²) in [6.07, 6.45) is 7.28. The second-order valence-electron chi connectivity index (χ2n) is 5.51. The molecule has 22 heavy (non-hydrogen) atoms. The fourth-order valence-corrected chi connectivity index (χ4v) is 2.88. The molecular formula is C17H20ClNO3. The molecule has 1 N–H and O–H groups in total. The molecule has 2 rings (SSSR count). The molecule has 1 aromatic carbocycles. The van der Waals surface area contributed by atoms with Gasteiger partial charge in [0.2, 0.25) is 5.91 Å². The van der Waals surface area contributed by atoms with Crippen molar-refractivity contribution in [2.45, 2.75) is 37.6 Å². The van der Waals surface area contributed by atoms with E-state index < -0.39 is 5.54 Å². The number of nitrogens with one attached hydrogen (secondary N) is 1. The Morgan fingerprint density at radius 2 is 1.82 bits per heavy atom. The molecule has 0 aromatic heterocycles. The topological polar surface area (TPSA) is 55.4 Å². The van der Waals surface area contributed by atoms with E-state index in [2.05, 4.69) is 5.32 Å². The lowest BCUT2D eigenvalue weighted by molar-refractivity contribution is -0.152. The Morgan fingerprint density at radius 1 is 1.18 bits per heavy atom. The second kappa shape index (κ2) is 7.45. The summed E-state index contributed by atoms with van der Waals surface area (Å²) in [5.41, 5.74) is -0.00988. The lowest BCUT2D eigenvalue weighted by Crippen LogP contribution is -2.55. The molecule has 0 saturated heterocycles. The molecule has 0 atom stereocenters. The van der Waals surface area contributed by atoms with Gasteiger partial charge in [-0.05, 0) is 36.6 Å². The van der Waals surface area contributed by atoms with Crippen LogP contribution in [0.5, 0.6) is 0 Å². The number of carbonyl (C=O) groups is 2. The average molecular weight is 322 g/mol. The average Bonchev–Trinajstić information content (AvgIpc) is 2.54. The molecule has 1 saturated carbocycles. The first kappa shape index (κ1) is 16.6. The Morgan fingerprint density at radius 3 is 2.41 bits per heavy atom. The highest BCUT2D eigenvalue weighted by molar-refractivity contribution is 6.30. The summed E-state index contributed by atoms with van der Waals surface area (Å²) in [5.74, 6) is -0.650. The van der Waals surface area contributed by atoms with Crippen molar-refractivity contribution < 1.29 is 14.3 Å². The maximum Gasteiger partial charge on any atom is 0.331 e. The maximum absolute atomic E-state index is 12.1. The molecule has 0 heterocycles. The van der Waals surface area contributed by atoms with Crippen molar-refractivity contribution in [3.8, 4) is 0 Å². The number of benzene rings is 1. The summed E-state index contributed by atoms with van der Waals surface area (Å²) in [4.78, 5) is 24.2. The van der Waals surface area contributed by atoms with E-state index in [9.17, 15) is 9.59 Å². The molecule has 0 radical (unpaired) electrons. The van der Waals surface area contributed by atoms with E-state index in [4.69, 9.17) is 16.3 Å². The number of hydrogen-bond donors (Lipinski definition) is 1. The van der Waals surface area contributed by atoms with Gasteiger partial charge in [-0.15, -0.1) is 0 Å². The third kappa shape index (κ3) is 4.10. The predicted molar refractivity (Wildman–Crippen MR) is 86.5 cm³/mol. The summed E-state index contributed by atoms with van der Waals surface area (Å²) in [7, 11) is 1.36. The lowest BCUT2D eigenvalue weighted by Gasteiger charge is -2.34. The number of carbonyl (C=O) groups excluding carboxylic acids is 2. The zero-order valence-electron chi connectivity index (χ0n) is 12.6. The minimum absolute atomic E-state index is 0.290. The minimum atomic E-state index is -0.881. The van der Waals surface area contributed by atoms with Crippen LogP contribution in [0.2, 0.25) is 5.02 Å². The largest absolute Gasteiger partial charge is 0.467 e. The van der Waals surface area contributed by atoms with E-state index >= 15 is 0 Å². The van der Waals surface area contributed by atoms with Gasteiger partial charge in [0.25, 0.3) is 0 Å². The first-order valence-electron chi connectivity index (χ1n) is 7.40. The van der Waals surface area contributed by atoms with Gasteiger partial charge in [-0.1, -0.05) is 43.0 Å². The van der Waals surface area contributed by atoms with Gasteiger partial charge < -0.3 is 10.1 Å². The molecule has 1 aliphatic carbocycles. The van der Waals surface area contributed by atoms with Crippen molar-refractivity contribution in [2.75, 3.05) is 7.11 Å². The van der Waals surface area contributed by atoms with Gasteiger partial charge in [0.1, 0.15) is 5.54 Å². The van der Waals surface area contributed by atoms with Crippen molar-refractivity contribution in [3.63, 3.8) is 0 Å². The molecule has 0 unspecified atom stereocenters. The third-order valence-electron chi connectivity index (χ3n) is 3.94. The van der Waals surface area contributed by atoms with Crippen LogP contribution in [0.3, 0.4) is 0 Å². The molecule has 1 fully saturated rings. The van der Waals surface area contributed by atoms with Gasteiger partial charge in [0.05, 0.1) is 7.11 Å². The monoisotopic (exact) mass is 321 g/mol. The number of amides is 1. The van der Waals surface area contributed by atoms with Crippen LogP contribution in [-0.2, 0) is 14.3 Å². The SMILES string of the molecule is COC(=O)C1(NC(=O)/C=C/c2ccc(Cl)cc2)CCCCC1. The molecule has 5 heteroatoms. The smallest absolute Gasteiger partial charge is 0.331 e. The van der Waals surface area contributed by atoms with Crippen molar-refractivity contribution in [1.29, 1.82) is 0 Å². The molecule has 4 nitrogen and oxygen atoms in total. The van der Waals surface area contributed by atoms with E-state index in [0.29, 0.717) is 17.9 Å². The standard InChI is InChI=1S/C17H20ClNO3/c1-22-16(21)17(11-3-2-4-12-17)19-15(20)10-7-13-5-8-14(18)9-6-13/h5-10H,2-4,11-12H2,1H3,(H,19,20)/b10-7+. The normalized spacial score (nSPS) is 17.2. The molecule has 118 valence electrons. The van der Waals surface area contributed by atoms with Gasteiger partial charge in [0, 0.05) is 11.1 Å². The van der Waals surface area contributed by atoms with E-state index in [1.165, 1.54) is 13.2 Å². The van der Waals surface area contributed by atoms with Gasteiger partial charge in [-0.25, -0.2) is 4.79 Å². The second-order valence-corrected chi connectivity index (χ2v) is 5.94. The summed E-state index contributed by atoms with van der Waals surface area (Å²) in [6, 6.07) is 7.16.